The Morgan fingerprint density at radius 2 is 0.667 bits per heavy atom. The molecular weight excluding hydrogens is 1260 g/mol. The molecule has 0 bridgehead atoms. The molecule has 0 aliphatic carbocycles. The molecule has 99 heavy (non-hydrogen) atoms. The third-order valence-electron chi connectivity index (χ3n) is 20.8. The summed E-state index contributed by atoms with van der Waals surface area (Å²) >= 11 is 0. The molecule has 17 unspecified atom stereocenters. The lowest BCUT2D eigenvalue weighted by Gasteiger charge is -2.48. The van der Waals surface area contributed by atoms with Crippen molar-refractivity contribution in [3.63, 3.8) is 0 Å². The SMILES string of the molecule is CCCCCCC/C=C\C/C=C\CCCCCCCCCCCCCCCCCCCCCCCCCCCC(=O)NC(COC1OC(CO)C(OC2OC(CO)C(OC3OC(CO)C(O)C(O)C3O)C(O)C2O)C(O)C1O)C(O)CCCCCCCCCCCCCCCCCCC. The third kappa shape index (κ3) is 41.7. The largest absolute Gasteiger partial charge is 0.394 e. The highest BCUT2D eigenvalue weighted by molar-refractivity contribution is 5.76. The Morgan fingerprint density at radius 1 is 0.364 bits per heavy atom. The van der Waals surface area contributed by atoms with Crippen LogP contribution in [0, 0.1) is 0 Å². The van der Waals surface area contributed by atoms with E-state index in [-0.39, 0.29) is 18.9 Å². The first-order chi connectivity index (χ1) is 48.3. The van der Waals surface area contributed by atoms with Crippen molar-refractivity contribution >= 4 is 5.91 Å². The number of hydrogen-bond donors (Lipinski definition) is 12. The Balaban J connectivity index is 1.30. The van der Waals surface area contributed by atoms with E-state index in [9.17, 15) is 61.0 Å². The maximum Gasteiger partial charge on any atom is 0.220 e. The van der Waals surface area contributed by atoms with E-state index in [1.54, 1.807) is 0 Å². The van der Waals surface area contributed by atoms with Gasteiger partial charge in [0.25, 0.3) is 0 Å². The van der Waals surface area contributed by atoms with Crippen molar-refractivity contribution < 1.29 is 89.4 Å². The van der Waals surface area contributed by atoms with E-state index in [0.29, 0.717) is 12.8 Å². The molecule has 584 valence electrons. The van der Waals surface area contributed by atoms with E-state index in [1.165, 1.54) is 263 Å². The zero-order valence-electron chi connectivity index (χ0n) is 62.5. The van der Waals surface area contributed by atoms with Crippen LogP contribution in [0.5, 0.6) is 0 Å². The summed E-state index contributed by atoms with van der Waals surface area (Å²) in [5.41, 5.74) is 0. The van der Waals surface area contributed by atoms with Gasteiger partial charge in [-0.05, 0) is 44.9 Å². The van der Waals surface area contributed by atoms with Crippen molar-refractivity contribution in [3.8, 4) is 0 Å². The monoisotopic (exact) mass is 1410 g/mol. The molecule has 17 atom stereocenters. The molecule has 0 radical (unpaired) electrons. The minimum atomic E-state index is -1.97. The van der Waals surface area contributed by atoms with E-state index in [1.807, 2.05) is 0 Å². The molecule has 3 saturated heterocycles. The van der Waals surface area contributed by atoms with Gasteiger partial charge in [0.05, 0.1) is 38.6 Å². The van der Waals surface area contributed by atoms with Crippen LogP contribution >= 0.6 is 0 Å². The number of rotatable bonds is 66. The first-order valence-electron chi connectivity index (χ1n) is 41.1. The van der Waals surface area contributed by atoms with Crippen LogP contribution in [0.3, 0.4) is 0 Å². The van der Waals surface area contributed by atoms with Crippen molar-refractivity contribution in [2.24, 2.45) is 0 Å². The summed E-state index contributed by atoms with van der Waals surface area (Å²) in [6, 6.07) is -0.885. The highest BCUT2D eigenvalue weighted by atomic mass is 16.8. The molecule has 3 rings (SSSR count). The molecule has 1 amide bonds. The summed E-state index contributed by atoms with van der Waals surface area (Å²) in [5, 5.41) is 121. The van der Waals surface area contributed by atoms with Gasteiger partial charge in [0, 0.05) is 6.42 Å². The van der Waals surface area contributed by atoms with Crippen LogP contribution in [0.15, 0.2) is 24.3 Å². The Labute approximate surface area is 600 Å². The molecule has 3 heterocycles. The summed E-state index contributed by atoms with van der Waals surface area (Å²) in [5.74, 6) is -0.235. The average molecular weight is 1420 g/mol. The molecule has 19 heteroatoms. The zero-order chi connectivity index (χ0) is 71.8. The number of unbranched alkanes of at least 4 members (excludes halogenated alkanes) is 46. The van der Waals surface area contributed by atoms with E-state index in [2.05, 4.69) is 43.5 Å². The number of aliphatic hydroxyl groups excluding tert-OH is 11. The summed E-state index contributed by atoms with van der Waals surface area (Å²) in [6.45, 7) is 1.84. The Bertz CT molecular complexity index is 1880. The van der Waals surface area contributed by atoms with Gasteiger partial charge in [0.2, 0.25) is 5.91 Å². The second-order valence-electron chi connectivity index (χ2n) is 29.6. The van der Waals surface area contributed by atoms with Crippen LogP contribution in [0.4, 0.5) is 0 Å². The Morgan fingerprint density at radius 3 is 1.03 bits per heavy atom. The van der Waals surface area contributed by atoms with Crippen molar-refractivity contribution in [2.45, 2.75) is 452 Å². The summed E-state index contributed by atoms with van der Waals surface area (Å²) in [6.07, 6.45) is 47.1. The normalized spacial score (nSPS) is 26.7. The van der Waals surface area contributed by atoms with Crippen LogP contribution in [-0.4, -0.2) is 193 Å². The molecular formula is C80H151NO18. The summed E-state index contributed by atoms with van der Waals surface area (Å²) in [4.78, 5) is 13.5. The molecule has 3 aliphatic rings. The first kappa shape index (κ1) is 91.5. The van der Waals surface area contributed by atoms with E-state index < -0.39 is 124 Å². The second kappa shape index (κ2) is 61.4. The van der Waals surface area contributed by atoms with Crippen LogP contribution in [0.2, 0.25) is 0 Å². The minimum Gasteiger partial charge on any atom is -0.394 e. The highest BCUT2D eigenvalue weighted by Gasteiger charge is 2.54. The lowest BCUT2D eigenvalue weighted by molar-refractivity contribution is -0.379. The Kier molecular flexibility index (Phi) is 56.8. The fourth-order valence-electron chi connectivity index (χ4n) is 14.2. The van der Waals surface area contributed by atoms with Crippen LogP contribution in [-0.2, 0) is 33.2 Å². The van der Waals surface area contributed by atoms with Crippen molar-refractivity contribution in [1.82, 2.24) is 5.32 Å². The lowest BCUT2D eigenvalue weighted by atomic mass is 9.96. The van der Waals surface area contributed by atoms with Crippen LogP contribution in [0.25, 0.3) is 0 Å². The molecule has 0 saturated carbocycles. The number of hydrogen-bond acceptors (Lipinski definition) is 18. The van der Waals surface area contributed by atoms with Crippen molar-refractivity contribution in [1.29, 1.82) is 0 Å². The van der Waals surface area contributed by atoms with E-state index in [4.69, 9.17) is 28.4 Å². The van der Waals surface area contributed by atoms with Gasteiger partial charge < -0.3 is 89.9 Å². The fraction of sp³-hybridized carbons (Fsp3) is 0.938. The van der Waals surface area contributed by atoms with E-state index in [0.717, 1.165) is 51.4 Å². The van der Waals surface area contributed by atoms with Gasteiger partial charge in [-0.25, -0.2) is 0 Å². The average Bonchev–Trinajstić information content (AvgIpc) is 0.786. The highest BCUT2D eigenvalue weighted by Crippen LogP contribution is 2.33. The molecule has 3 fully saturated rings. The fourth-order valence-corrected chi connectivity index (χ4v) is 14.2. The lowest BCUT2D eigenvalue weighted by Crippen LogP contribution is -2.66. The smallest absolute Gasteiger partial charge is 0.220 e. The predicted octanol–water partition coefficient (Wildman–Crippen LogP) is 13.7. The van der Waals surface area contributed by atoms with E-state index >= 15 is 0 Å². The second-order valence-corrected chi connectivity index (χ2v) is 29.6. The molecule has 19 nitrogen and oxygen atoms in total. The number of carbonyl (C=O) groups excluding carboxylic acids is 1. The van der Waals surface area contributed by atoms with Crippen molar-refractivity contribution in [2.75, 3.05) is 26.4 Å². The van der Waals surface area contributed by atoms with Gasteiger partial charge in [-0.15, -0.1) is 0 Å². The number of aliphatic hydroxyl groups is 11. The molecule has 0 aromatic heterocycles. The zero-order valence-corrected chi connectivity index (χ0v) is 62.5. The van der Waals surface area contributed by atoms with Gasteiger partial charge >= 0.3 is 0 Å². The molecule has 3 aliphatic heterocycles. The van der Waals surface area contributed by atoms with Gasteiger partial charge in [-0.3, -0.25) is 4.79 Å². The molecule has 0 aromatic carbocycles. The van der Waals surface area contributed by atoms with Gasteiger partial charge in [0.1, 0.15) is 73.2 Å². The van der Waals surface area contributed by atoms with Crippen LogP contribution in [0.1, 0.15) is 348 Å². The Hall–Kier alpha value is -1.73. The third-order valence-corrected chi connectivity index (χ3v) is 20.8. The van der Waals surface area contributed by atoms with Gasteiger partial charge in [-0.2, -0.15) is 0 Å². The molecule has 12 N–H and O–H groups in total. The summed E-state index contributed by atoms with van der Waals surface area (Å²) in [7, 11) is 0. The van der Waals surface area contributed by atoms with Gasteiger partial charge in [-0.1, -0.05) is 321 Å². The number of ether oxygens (including phenoxy) is 6. The maximum absolute atomic E-state index is 13.5. The maximum atomic E-state index is 13.5. The summed E-state index contributed by atoms with van der Waals surface area (Å²) < 4.78 is 34.5. The number of allylic oxidation sites excluding steroid dienone is 4. The van der Waals surface area contributed by atoms with Gasteiger partial charge in [0.15, 0.2) is 18.9 Å². The number of carbonyl (C=O) groups is 1. The minimum absolute atomic E-state index is 0.235. The van der Waals surface area contributed by atoms with Crippen molar-refractivity contribution in [3.05, 3.63) is 24.3 Å². The standard InChI is InChI=1S/C80H151NO18/c1-3-5-7-9-11-13-15-17-19-21-22-23-24-25-26-27-28-29-30-31-32-33-34-35-36-37-38-39-40-42-44-46-48-50-52-54-56-58-68(86)81-63(64(85)57-55-53-51-49-47-45-43-41-20-18-16-14-12-10-8-6-4-2)62-94-78-74(92)71(89)76(66(60-83)96-78)99-80-75(93)72(90)77(67(61-84)97-80)98-79-73(91)70(88)69(87)65(59-82)95-79/h15,17,21-22,63-67,69-80,82-85,87-93H,3-14,16,18-20,23-62H2,1-2H3,(H,81,86)/b17-15-,22-21-. The molecule has 0 aromatic rings. The molecule has 0 spiro atoms. The number of amides is 1. The van der Waals surface area contributed by atoms with Crippen LogP contribution < -0.4 is 5.32 Å². The topological polar surface area (TPSA) is 307 Å². The predicted molar refractivity (Wildman–Crippen MR) is 393 cm³/mol. The quantitative estimate of drug-likeness (QED) is 0.0199. The number of nitrogens with one attached hydrogen (secondary N) is 1. The first-order valence-corrected chi connectivity index (χ1v) is 41.1.